The summed E-state index contributed by atoms with van der Waals surface area (Å²) in [5.74, 6) is 0. The minimum absolute atomic E-state index is 0.815. The molecule has 0 aromatic carbocycles. The number of hydrogen-bond donors (Lipinski definition) is 1. The van der Waals surface area contributed by atoms with Crippen LogP contribution in [0.1, 0.15) is 13.8 Å². The van der Waals surface area contributed by atoms with Crippen molar-refractivity contribution in [2.45, 2.75) is 25.6 Å². The summed E-state index contributed by atoms with van der Waals surface area (Å²) in [6, 6.07) is 0. The van der Waals surface area contributed by atoms with Crippen molar-refractivity contribution < 1.29 is 25.8 Å². The van der Waals surface area contributed by atoms with E-state index >= 15 is 0 Å². The quantitative estimate of drug-likeness (QED) is 0.628. The van der Waals surface area contributed by atoms with Crippen LogP contribution in [0.25, 0.3) is 0 Å². The van der Waals surface area contributed by atoms with Gasteiger partial charge in [-0.2, -0.15) is 21.6 Å². The molecule has 1 aliphatic rings. The standard InChI is InChI=1S/C6H8F3NO3S/c1-5(2)3(10)4(6(7,8)9)14(11,12)13-5/h10H2,1-2H3. The Kier molecular flexibility index (Phi) is 2.13. The molecule has 0 atom stereocenters. The summed E-state index contributed by atoms with van der Waals surface area (Å²) in [4.78, 5) is -1.80. The number of halogens is 3. The zero-order chi connectivity index (χ0) is 11.4. The fourth-order valence-corrected chi connectivity index (χ4v) is 2.58. The van der Waals surface area contributed by atoms with Crippen LogP contribution in [0, 0.1) is 0 Å². The molecule has 0 radical (unpaired) electrons. The molecule has 0 unspecified atom stereocenters. The van der Waals surface area contributed by atoms with Crippen LogP contribution in [-0.4, -0.2) is 20.2 Å². The molecule has 0 saturated heterocycles. The molecule has 82 valence electrons. The molecule has 1 rings (SSSR count). The van der Waals surface area contributed by atoms with Crippen molar-refractivity contribution in [2.75, 3.05) is 0 Å². The highest BCUT2D eigenvalue weighted by Gasteiger charge is 2.55. The first-order chi connectivity index (χ1) is 5.98. The Hall–Kier alpha value is -0.760. The molecule has 2 N–H and O–H groups in total. The van der Waals surface area contributed by atoms with Crippen LogP contribution < -0.4 is 5.73 Å². The Morgan fingerprint density at radius 2 is 1.79 bits per heavy atom. The van der Waals surface area contributed by atoms with Gasteiger partial charge < -0.3 is 5.73 Å². The van der Waals surface area contributed by atoms with Crippen LogP contribution in [0.3, 0.4) is 0 Å². The number of rotatable bonds is 0. The van der Waals surface area contributed by atoms with E-state index in [1.54, 1.807) is 0 Å². The van der Waals surface area contributed by atoms with Crippen LogP contribution in [0.2, 0.25) is 0 Å². The molecule has 1 heterocycles. The molecule has 0 aromatic heterocycles. The summed E-state index contributed by atoms with van der Waals surface area (Å²) in [7, 11) is -4.77. The van der Waals surface area contributed by atoms with Crippen molar-refractivity contribution in [1.29, 1.82) is 0 Å². The minimum atomic E-state index is -5.02. The zero-order valence-corrected chi connectivity index (χ0v) is 8.16. The van der Waals surface area contributed by atoms with Crippen molar-refractivity contribution in [3.63, 3.8) is 0 Å². The fourth-order valence-electron chi connectivity index (χ4n) is 1.06. The average Bonchev–Trinajstić information content (AvgIpc) is 1.93. The predicted octanol–water partition coefficient (Wildman–Crippen LogP) is 0.858. The number of nitrogens with two attached hydrogens (primary N) is 1. The third-order valence-corrected chi connectivity index (χ3v) is 3.31. The van der Waals surface area contributed by atoms with Gasteiger partial charge in [-0.3, -0.25) is 4.18 Å². The van der Waals surface area contributed by atoms with Gasteiger partial charge in [0.25, 0.3) is 0 Å². The smallest absolute Gasteiger partial charge is 0.399 e. The van der Waals surface area contributed by atoms with Crippen molar-refractivity contribution in [3.05, 3.63) is 10.6 Å². The van der Waals surface area contributed by atoms with E-state index in [0.29, 0.717) is 0 Å². The summed E-state index contributed by atoms with van der Waals surface area (Å²) in [6.07, 6.45) is -5.02. The van der Waals surface area contributed by atoms with Crippen molar-refractivity contribution in [1.82, 2.24) is 0 Å². The summed E-state index contributed by atoms with van der Waals surface area (Å²) in [5, 5.41) is 0. The van der Waals surface area contributed by atoms with Gasteiger partial charge in [0.2, 0.25) is 0 Å². The maximum Gasteiger partial charge on any atom is 0.431 e. The Labute approximate surface area is 78.7 Å². The third kappa shape index (κ3) is 1.59. The van der Waals surface area contributed by atoms with Crippen molar-refractivity contribution in [2.24, 2.45) is 5.73 Å². The van der Waals surface area contributed by atoms with Gasteiger partial charge >= 0.3 is 16.3 Å². The molecule has 0 bridgehead atoms. The molecule has 0 fully saturated rings. The number of allylic oxidation sites excluding steroid dienone is 1. The summed E-state index contributed by atoms with van der Waals surface area (Å²) < 4.78 is 62.9. The normalized spacial score (nSPS) is 25.5. The molecule has 8 heteroatoms. The van der Waals surface area contributed by atoms with Crippen LogP contribution in [-0.2, 0) is 14.3 Å². The van der Waals surface area contributed by atoms with E-state index in [1.807, 2.05) is 0 Å². The Bertz CT molecular complexity index is 393. The van der Waals surface area contributed by atoms with Gasteiger partial charge in [-0.05, 0) is 13.8 Å². The van der Waals surface area contributed by atoms with Crippen LogP contribution in [0.15, 0.2) is 10.6 Å². The second kappa shape index (κ2) is 2.63. The maximum atomic E-state index is 12.3. The number of alkyl halides is 3. The summed E-state index contributed by atoms with van der Waals surface area (Å²) >= 11 is 0. The number of hydrogen-bond acceptors (Lipinski definition) is 4. The van der Waals surface area contributed by atoms with Crippen LogP contribution in [0.4, 0.5) is 13.2 Å². The van der Waals surface area contributed by atoms with Crippen molar-refractivity contribution in [3.8, 4) is 0 Å². The molecule has 0 spiro atoms. The Morgan fingerprint density at radius 3 is 1.93 bits per heavy atom. The molecule has 0 aromatic rings. The first kappa shape index (κ1) is 11.3. The highest BCUT2D eigenvalue weighted by molar-refractivity contribution is 7.91. The van der Waals surface area contributed by atoms with Gasteiger partial charge in [-0.1, -0.05) is 0 Å². The van der Waals surface area contributed by atoms with E-state index in [2.05, 4.69) is 4.18 Å². The summed E-state index contributed by atoms with van der Waals surface area (Å²) in [5.41, 5.74) is 2.62. The second-order valence-electron chi connectivity index (χ2n) is 3.29. The van der Waals surface area contributed by atoms with E-state index in [0.717, 1.165) is 13.8 Å². The van der Waals surface area contributed by atoms with E-state index in [4.69, 9.17) is 5.73 Å². The lowest BCUT2D eigenvalue weighted by atomic mass is 10.1. The van der Waals surface area contributed by atoms with E-state index < -0.39 is 32.5 Å². The Morgan fingerprint density at radius 1 is 1.36 bits per heavy atom. The van der Waals surface area contributed by atoms with Crippen LogP contribution in [0.5, 0.6) is 0 Å². The lowest BCUT2D eigenvalue weighted by molar-refractivity contribution is -0.0851. The predicted molar refractivity (Wildman–Crippen MR) is 41.4 cm³/mol. The van der Waals surface area contributed by atoms with E-state index in [1.165, 1.54) is 0 Å². The van der Waals surface area contributed by atoms with Gasteiger partial charge in [-0.25, -0.2) is 0 Å². The highest BCUT2D eigenvalue weighted by Crippen LogP contribution is 2.42. The monoisotopic (exact) mass is 231 g/mol. The third-order valence-electron chi connectivity index (χ3n) is 1.72. The molecule has 14 heavy (non-hydrogen) atoms. The highest BCUT2D eigenvalue weighted by atomic mass is 32.2. The molecular formula is C6H8F3NO3S. The minimum Gasteiger partial charge on any atom is -0.399 e. The zero-order valence-electron chi connectivity index (χ0n) is 7.34. The van der Waals surface area contributed by atoms with Gasteiger partial charge in [0.15, 0.2) is 4.91 Å². The molecule has 0 amide bonds. The summed E-state index contributed by atoms with van der Waals surface area (Å²) in [6.45, 7) is 2.30. The van der Waals surface area contributed by atoms with Gasteiger partial charge in [0.05, 0.1) is 5.70 Å². The molecule has 0 saturated carbocycles. The SMILES string of the molecule is CC1(C)OS(=O)(=O)C(C(F)(F)F)=C1N. The molecule has 4 nitrogen and oxygen atoms in total. The average molecular weight is 231 g/mol. The topological polar surface area (TPSA) is 69.4 Å². The fraction of sp³-hybridized carbons (Fsp3) is 0.667. The van der Waals surface area contributed by atoms with Gasteiger partial charge in [-0.15, -0.1) is 0 Å². The lowest BCUT2D eigenvalue weighted by Gasteiger charge is -2.15. The first-order valence-electron chi connectivity index (χ1n) is 3.51. The molecular weight excluding hydrogens is 223 g/mol. The van der Waals surface area contributed by atoms with Crippen molar-refractivity contribution >= 4 is 10.1 Å². The lowest BCUT2D eigenvalue weighted by Crippen LogP contribution is -2.27. The second-order valence-corrected chi connectivity index (χ2v) is 4.77. The first-order valence-corrected chi connectivity index (χ1v) is 4.92. The van der Waals surface area contributed by atoms with E-state index in [-0.39, 0.29) is 0 Å². The van der Waals surface area contributed by atoms with E-state index in [9.17, 15) is 21.6 Å². The molecule has 1 aliphatic heterocycles. The van der Waals surface area contributed by atoms with Gasteiger partial charge in [0, 0.05) is 0 Å². The Balaban J connectivity index is 3.46. The van der Waals surface area contributed by atoms with Crippen LogP contribution >= 0.6 is 0 Å². The molecule has 0 aliphatic carbocycles. The largest absolute Gasteiger partial charge is 0.431 e. The maximum absolute atomic E-state index is 12.3. The van der Waals surface area contributed by atoms with Gasteiger partial charge in [0.1, 0.15) is 5.60 Å².